The summed E-state index contributed by atoms with van der Waals surface area (Å²) in [7, 11) is 0. The van der Waals surface area contributed by atoms with Gasteiger partial charge in [0.05, 0.1) is 12.3 Å². The van der Waals surface area contributed by atoms with Gasteiger partial charge in [-0.1, -0.05) is 19.9 Å². The van der Waals surface area contributed by atoms with Crippen molar-refractivity contribution in [3.05, 3.63) is 30.1 Å². The van der Waals surface area contributed by atoms with E-state index in [1.54, 1.807) is 0 Å². The van der Waals surface area contributed by atoms with Crippen LogP contribution in [0.25, 0.3) is 0 Å². The highest BCUT2D eigenvalue weighted by Gasteiger charge is 2.62. The molecule has 4 saturated heterocycles. The standard InChI is InChI=1S/C16H23N3O/c1-3-16-10-18-8-15(2,14(16)20)9-19(11-16)13(18)12-5-4-6-17-7-12/h4-7,13-14,20H,3,8-11H2,1-2H3. The summed E-state index contributed by atoms with van der Waals surface area (Å²) in [6.07, 6.45) is 5.07. The van der Waals surface area contributed by atoms with Gasteiger partial charge in [0.2, 0.25) is 0 Å². The molecule has 0 aromatic carbocycles. The molecule has 0 spiro atoms. The molecular formula is C16H23N3O. The first-order valence-corrected chi connectivity index (χ1v) is 7.64. The van der Waals surface area contributed by atoms with Crippen molar-refractivity contribution in [1.82, 2.24) is 14.8 Å². The second kappa shape index (κ2) is 4.03. The Balaban J connectivity index is 1.74. The minimum absolute atomic E-state index is 0.0191. The maximum atomic E-state index is 10.8. The molecule has 108 valence electrons. The van der Waals surface area contributed by atoms with E-state index in [2.05, 4.69) is 34.7 Å². The van der Waals surface area contributed by atoms with Gasteiger partial charge < -0.3 is 5.11 Å². The predicted molar refractivity (Wildman–Crippen MR) is 77.0 cm³/mol. The summed E-state index contributed by atoms with van der Waals surface area (Å²) in [6.45, 7) is 8.48. The SMILES string of the molecule is CCC12CN3CC(C)(CN(C1)C3c1cccnc1)C2O. The van der Waals surface area contributed by atoms with Crippen molar-refractivity contribution in [3.8, 4) is 0 Å². The fraction of sp³-hybridized carbons (Fsp3) is 0.688. The van der Waals surface area contributed by atoms with E-state index in [4.69, 9.17) is 0 Å². The quantitative estimate of drug-likeness (QED) is 0.886. The molecule has 4 heteroatoms. The van der Waals surface area contributed by atoms with E-state index in [1.165, 1.54) is 5.56 Å². The second-order valence-corrected chi connectivity index (χ2v) is 7.24. The van der Waals surface area contributed by atoms with Gasteiger partial charge in [-0.15, -0.1) is 0 Å². The smallest absolute Gasteiger partial charge is 0.0902 e. The van der Waals surface area contributed by atoms with Gasteiger partial charge in [0.25, 0.3) is 0 Å². The molecule has 4 aliphatic heterocycles. The lowest BCUT2D eigenvalue weighted by Crippen LogP contribution is -2.77. The summed E-state index contributed by atoms with van der Waals surface area (Å²) < 4.78 is 0. The van der Waals surface area contributed by atoms with Crippen molar-refractivity contribution in [1.29, 1.82) is 0 Å². The number of aliphatic hydroxyl groups is 1. The van der Waals surface area contributed by atoms with Crippen molar-refractivity contribution < 1.29 is 5.11 Å². The molecule has 4 fully saturated rings. The first kappa shape index (κ1) is 12.7. The van der Waals surface area contributed by atoms with Gasteiger partial charge in [0.1, 0.15) is 0 Å². The first-order chi connectivity index (χ1) is 9.58. The zero-order valence-electron chi connectivity index (χ0n) is 12.3. The lowest BCUT2D eigenvalue weighted by molar-refractivity contribution is -0.260. The van der Waals surface area contributed by atoms with Crippen LogP contribution in [0.5, 0.6) is 0 Å². The van der Waals surface area contributed by atoms with Crippen LogP contribution in [0.15, 0.2) is 24.5 Å². The summed E-state index contributed by atoms with van der Waals surface area (Å²) in [4.78, 5) is 9.40. The molecule has 0 amide bonds. The van der Waals surface area contributed by atoms with Crippen molar-refractivity contribution >= 4 is 0 Å². The van der Waals surface area contributed by atoms with Gasteiger partial charge in [-0.05, 0) is 12.5 Å². The summed E-state index contributed by atoms with van der Waals surface area (Å²) in [5, 5.41) is 10.8. The molecule has 0 radical (unpaired) electrons. The van der Waals surface area contributed by atoms with Crippen LogP contribution in [0.4, 0.5) is 0 Å². The van der Waals surface area contributed by atoms with Crippen LogP contribution in [0.1, 0.15) is 32.0 Å². The minimum atomic E-state index is -0.164. The van der Waals surface area contributed by atoms with Gasteiger partial charge in [0, 0.05) is 55.0 Å². The van der Waals surface area contributed by atoms with Gasteiger partial charge >= 0.3 is 0 Å². The largest absolute Gasteiger partial charge is 0.392 e. The Bertz CT molecular complexity index is 502. The van der Waals surface area contributed by atoms with Crippen LogP contribution in [0.3, 0.4) is 0 Å². The molecule has 0 saturated carbocycles. The molecule has 3 atom stereocenters. The molecule has 4 nitrogen and oxygen atoms in total. The van der Waals surface area contributed by atoms with E-state index in [0.717, 1.165) is 32.6 Å². The van der Waals surface area contributed by atoms with Gasteiger partial charge in [-0.2, -0.15) is 0 Å². The molecule has 4 aliphatic rings. The third-order valence-electron chi connectivity index (χ3n) is 5.78. The topological polar surface area (TPSA) is 39.6 Å². The van der Waals surface area contributed by atoms with Crippen LogP contribution in [-0.2, 0) is 0 Å². The zero-order chi connectivity index (χ0) is 14.0. The van der Waals surface area contributed by atoms with Crippen molar-refractivity contribution in [2.24, 2.45) is 10.8 Å². The van der Waals surface area contributed by atoms with E-state index in [1.807, 2.05) is 18.5 Å². The number of nitrogens with zero attached hydrogens (tertiary/aromatic N) is 3. The van der Waals surface area contributed by atoms with E-state index in [0.29, 0.717) is 6.17 Å². The Labute approximate surface area is 120 Å². The van der Waals surface area contributed by atoms with Gasteiger partial charge in [-0.25, -0.2) is 0 Å². The molecule has 3 unspecified atom stereocenters. The number of hydrogen-bond donors (Lipinski definition) is 1. The molecule has 1 aromatic rings. The Morgan fingerprint density at radius 3 is 2.55 bits per heavy atom. The molecular weight excluding hydrogens is 250 g/mol. The van der Waals surface area contributed by atoms with Crippen molar-refractivity contribution in [3.63, 3.8) is 0 Å². The highest BCUT2D eigenvalue weighted by molar-refractivity contribution is 5.22. The Hall–Kier alpha value is -0.970. The number of piperidine rings is 2. The van der Waals surface area contributed by atoms with Crippen LogP contribution in [-0.4, -0.2) is 52.2 Å². The normalized spacial score (nSPS) is 49.5. The Kier molecular flexibility index (Phi) is 2.57. The number of rotatable bonds is 2. The molecule has 20 heavy (non-hydrogen) atoms. The van der Waals surface area contributed by atoms with E-state index in [-0.39, 0.29) is 16.9 Å². The van der Waals surface area contributed by atoms with E-state index < -0.39 is 0 Å². The fourth-order valence-electron chi connectivity index (χ4n) is 4.98. The second-order valence-electron chi connectivity index (χ2n) is 7.24. The lowest BCUT2D eigenvalue weighted by Gasteiger charge is -2.69. The summed E-state index contributed by atoms with van der Waals surface area (Å²) in [5.41, 5.74) is 1.37. The van der Waals surface area contributed by atoms with E-state index >= 15 is 0 Å². The fourth-order valence-corrected chi connectivity index (χ4v) is 4.98. The molecule has 5 rings (SSSR count). The first-order valence-electron chi connectivity index (χ1n) is 7.64. The molecule has 1 N–H and O–H groups in total. The maximum absolute atomic E-state index is 10.8. The third kappa shape index (κ3) is 1.50. The number of hydrogen-bond acceptors (Lipinski definition) is 4. The molecule has 5 heterocycles. The van der Waals surface area contributed by atoms with E-state index in [9.17, 15) is 5.11 Å². The lowest BCUT2D eigenvalue weighted by atomic mass is 9.59. The van der Waals surface area contributed by atoms with Gasteiger partial charge in [-0.3, -0.25) is 14.8 Å². The highest BCUT2D eigenvalue weighted by Crippen LogP contribution is 2.55. The third-order valence-corrected chi connectivity index (χ3v) is 5.78. The minimum Gasteiger partial charge on any atom is -0.392 e. The summed E-state index contributed by atoms with van der Waals surface area (Å²) in [6, 6.07) is 4.20. The Morgan fingerprint density at radius 2 is 2.00 bits per heavy atom. The van der Waals surface area contributed by atoms with Gasteiger partial charge in [0.15, 0.2) is 0 Å². The van der Waals surface area contributed by atoms with Crippen molar-refractivity contribution in [2.45, 2.75) is 32.5 Å². The summed E-state index contributed by atoms with van der Waals surface area (Å²) >= 11 is 0. The maximum Gasteiger partial charge on any atom is 0.0902 e. The number of aromatic nitrogens is 1. The molecule has 1 aromatic heterocycles. The zero-order valence-corrected chi connectivity index (χ0v) is 12.3. The highest BCUT2D eigenvalue weighted by atomic mass is 16.3. The average molecular weight is 273 g/mol. The van der Waals surface area contributed by atoms with Crippen LogP contribution in [0.2, 0.25) is 0 Å². The average Bonchev–Trinajstić information content (AvgIpc) is 2.44. The molecule has 0 aliphatic carbocycles. The molecule has 4 bridgehead atoms. The summed E-state index contributed by atoms with van der Waals surface area (Å²) in [5.74, 6) is 0. The van der Waals surface area contributed by atoms with Crippen molar-refractivity contribution in [2.75, 3.05) is 26.2 Å². The van der Waals surface area contributed by atoms with Crippen LogP contribution in [0, 0.1) is 10.8 Å². The number of pyridine rings is 1. The van der Waals surface area contributed by atoms with Crippen LogP contribution < -0.4 is 0 Å². The van der Waals surface area contributed by atoms with Crippen LogP contribution >= 0.6 is 0 Å². The monoisotopic (exact) mass is 273 g/mol. The Morgan fingerprint density at radius 1 is 1.30 bits per heavy atom. The number of aliphatic hydroxyl groups excluding tert-OH is 1. The predicted octanol–water partition coefficient (Wildman–Crippen LogP) is 1.49.